The van der Waals surface area contributed by atoms with Gasteiger partial charge in [-0.05, 0) is 22.3 Å². The molecule has 2 nitrogen and oxygen atoms in total. The smallest absolute Gasteiger partial charge is 0.401 e. The second-order valence-electron chi connectivity index (χ2n) is 3.88. The summed E-state index contributed by atoms with van der Waals surface area (Å²) in [6.07, 6.45) is -0.0834. The van der Waals surface area contributed by atoms with Crippen molar-refractivity contribution in [3.63, 3.8) is 0 Å². The third-order valence-corrected chi connectivity index (χ3v) is 3.16. The summed E-state index contributed by atoms with van der Waals surface area (Å²) in [5, 5.41) is 0. The molecule has 0 amide bonds. The molecule has 0 aromatic heterocycles. The molecule has 0 N–H and O–H groups in total. The van der Waals surface area contributed by atoms with Crippen molar-refractivity contribution in [2.45, 2.75) is 6.10 Å². The zero-order valence-electron chi connectivity index (χ0n) is 8.97. The zero-order chi connectivity index (χ0) is 11.7. The van der Waals surface area contributed by atoms with Crippen LogP contribution in [0, 0.1) is 0 Å². The summed E-state index contributed by atoms with van der Waals surface area (Å²) in [6.45, 7) is 0. The molecule has 0 saturated heterocycles. The predicted molar refractivity (Wildman–Crippen MR) is 70.6 cm³/mol. The normalized spacial score (nSPS) is 13.2. The van der Waals surface area contributed by atoms with Crippen LogP contribution in [0.15, 0.2) is 48.5 Å². The zero-order valence-corrected chi connectivity index (χ0v) is 10.6. The van der Waals surface area contributed by atoms with Gasteiger partial charge in [-0.1, -0.05) is 48.5 Å². The molecule has 4 heteroatoms. The predicted octanol–water partition coefficient (Wildman–Crippen LogP) is 3.63. The molecule has 0 unspecified atom stereocenters. The van der Waals surface area contributed by atoms with Gasteiger partial charge in [-0.15, -0.1) is 0 Å². The van der Waals surface area contributed by atoms with Crippen LogP contribution in [0.5, 0.6) is 0 Å². The van der Waals surface area contributed by atoms with Gasteiger partial charge in [-0.3, -0.25) is 0 Å². The third-order valence-electron chi connectivity index (χ3n) is 3.00. The van der Waals surface area contributed by atoms with Crippen LogP contribution in [0.25, 0.3) is 11.1 Å². The largest absolute Gasteiger partial charge is 0.500 e. The fourth-order valence-corrected chi connectivity index (χ4v) is 2.42. The third kappa shape index (κ3) is 1.82. The fourth-order valence-electron chi connectivity index (χ4n) is 2.33. The molecule has 0 aliphatic heterocycles. The molecule has 83 valence electrons. The summed E-state index contributed by atoms with van der Waals surface area (Å²) < 4.78 is 10.3. The Labute approximate surface area is 109 Å². The van der Waals surface area contributed by atoms with E-state index in [0.29, 0.717) is 0 Å². The topological polar surface area (TPSA) is 18.5 Å². The Bertz CT molecular complexity index is 499. The van der Waals surface area contributed by atoms with Gasteiger partial charge in [0.05, 0.1) is 22.4 Å². The van der Waals surface area contributed by atoms with Gasteiger partial charge in [0, 0.05) is 0 Å². The van der Waals surface area contributed by atoms with E-state index >= 15 is 0 Å². The number of benzene rings is 2. The van der Waals surface area contributed by atoms with Crippen LogP contribution in [-0.4, -0.2) is 7.69 Å². The highest BCUT2D eigenvalue weighted by molar-refractivity contribution is 9.06. The molecular formula is C13H9BBrO2. The first kappa shape index (κ1) is 11.0. The lowest BCUT2D eigenvalue weighted by atomic mass is 10.1. The van der Waals surface area contributed by atoms with Crippen molar-refractivity contribution >= 4 is 23.9 Å². The fraction of sp³-hybridized carbons (Fsp3) is 0.0769. The minimum atomic E-state index is -0.0834. The van der Waals surface area contributed by atoms with E-state index in [1.807, 2.05) is 24.3 Å². The van der Waals surface area contributed by atoms with Gasteiger partial charge >= 0.3 is 7.69 Å². The molecule has 1 aliphatic rings. The van der Waals surface area contributed by atoms with Crippen LogP contribution in [0.4, 0.5) is 0 Å². The quantitative estimate of drug-likeness (QED) is 0.803. The Morgan fingerprint density at radius 1 is 0.882 bits per heavy atom. The highest BCUT2D eigenvalue weighted by atomic mass is 79.9. The summed E-state index contributed by atoms with van der Waals surface area (Å²) in [5.74, 6) is 0. The van der Waals surface area contributed by atoms with Crippen molar-refractivity contribution in [3.05, 3.63) is 59.7 Å². The van der Waals surface area contributed by atoms with Crippen molar-refractivity contribution in [2.24, 2.45) is 0 Å². The molecule has 0 atom stereocenters. The van der Waals surface area contributed by atoms with Gasteiger partial charge in [0.1, 0.15) is 0 Å². The molecule has 17 heavy (non-hydrogen) atoms. The number of hydrogen-bond donors (Lipinski definition) is 0. The highest BCUT2D eigenvalue weighted by Gasteiger charge is 2.28. The van der Waals surface area contributed by atoms with Crippen LogP contribution in [0.2, 0.25) is 0 Å². The molecule has 2 aromatic rings. The van der Waals surface area contributed by atoms with Crippen LogP contribution >= 0.6 is 16.3 Å². The summed E-state index contributed by atoms with van der Waals surface area (Å²) in [6, 6.07) is 16.5. The van der Waals surface area contributed by atoms with Crippen LogP contribution in [-0.2, 0) is 8.40 Å². The molecule has 2 aromatic carbocycles. The number of hydrogen-bond acceptors (Lipinski definition) is 2. The van der Waals surface area contributed by atoms with Crippen molar-refractivity contribution in [1.82, 2.24) is 0 Å². The lowest BCUT2D eigenvalue weighted by Gasteiger charge is -2.12. The summed E-state index contributed by atoms with van der Waals surface area (Å²) >= 11 is 2.86. The van der Waals surface area contributed by atoms with Gasteiger partial charge < -0.3 is 8.40 Å². The van der Waals surface area contributed by atoms with Crippen LogP contribution in [0.3, 0.4) is 0 Å². The minimum absolute atomic E-state index is 0.0834. The lowest BCUT2D eigenvalue weighted by Crippen LogP contribution is -2.06. The molecule has 0 fully saturated rings. The SMILES string of the molecule is BrO[B]OC1c2ccccc2-c2ccccc21. The maximum absolute atomic E-state index is 5.61. The van der Waals surface area contributed by atoms with E-state index in [0.717, 1.165) is 0 Å². The van der Waals surface area contributed by atoms with Gasteiger partial charge in [-0.25, -0.2) is 0 Å². The maximum atomic E-state index is 5.61. The van der Waals surface area contributed by atoms with E-state index in [1.165, 1.54) is 29.9 Å². The standard InChI is InChI=1S/C13H9BBrO2/c15-17-14-16-13-11-7-3-1-5-9(11)10-6-2-4-8-12(10)13/h1-8,13H. The molecule has 0 heterocycles. The highest BCUT2D eigenvalue weighted by Crippen LogP contribution is 2.44. The average molecular weight is 288 g/mol. The van der Waals surface area contributed by atoms with Gasteiger partial charge in [0.25, 0.3) is 0 Å². The van der Waals surface area contributed by atoms with E-state index in [9.17, 15) is 0 Å². The monoisotopic (exact) mass is 287 g/mol. The molecule has 0 saturated carbocycles. The Balaban J connectivity index is 2.10. The maximum Gasteiger partial charge on any atom is 0.500 e. The lowest BCUT2D eigenvalue weighted by molar-refractivity contribution is 0.239. The van der Waals surface area contributed by atoms with Crippen molar-refractivity contribution in [2.75, 3.05) is 0 Å². The Hall–Kier alpha value is -1.10. The first-order valence-electron chi connectivity index (χ1n) is 5.34. The molecular weight excluding hydrogens is 279 g/mol. The van der Waals surface area contributed by atoms with E-state index in [2.05, 4.69) is 40.5 Å². The Morgan fingerprint density at radius 3 is 1.94 bits per heavy atom. The molecule has 0 spiro atoms. The summed E-state index contributed by atoms with van der Waals surface area (Å²) in [7, 11) is 1.31. The second-order valence-corrected chi connectivity index (χ2v) is 4.25. The summed E-state index contributed by atoms with van der Waals surface area (Å²) in [5.41, 5.74) is 4.82. The summed E-state index contributed by atoms with van der Waals surface area (Å²) in [4.78, 5) is 0. The van der Waals surface area contributed by atoms with Crippen LogP contribution < -0.4 is 0 Å². The van der Waals surface area contributed by atoms with Crippen molar-refractivity contribution in [3.8, 4) is 11.1 Å². The Morgan fingerprint density at radius 2 is 1.41 bits per heavy atom. The first-order chi connectivity index (χ1) is 8.42. The van der Waals surface area contributed by atoms with Crippen molar-refractivity contribution < 1.29 is 8.40 Å². The average Bonchev–Trinajstić information content (AvgIpc) is 2.71. The number of rotatable bonds is 3. The van der Waals surface area contributed by atoms with Gasteiger partial charge in [0.15, 0.2) is 0 Å². The molecule has 0 bridgehead atoms. The molecule has 1 aliphatic carbocycles. The first-order valence-corrected chi connectivity index (χ1v) is 5.99. The molecule has 1 radical (unpaired) electrons. The van der Waals surface area contributed by atoms with Crippen molar-refractivity contribution in [1.29, 1.82) is 0 Å². The number of fused-ring (bicyclic) bond motifs is 3. The van der Waals surface area contributed by atoms with Gasteiger partial charge in [-0.2, -0.15) is 0 Å². The van der Waals surface area contributed by atoms with E-state index in [1.54, 1.807) is 0 Å². The van der Waals surface area contributed by atoms with E-state index in [-0.39, 0.29) is 6.10 Å². The minimum Gasteiger partial charge on any atom is -0.401 e. The Kier molecular flexibility index (Phi) is 3.01. The number of halogens is 1. The van der Waals surface area contributed by atoms with Gasteiger partial charge in [0.2, 0.25) is 0 Å². The van der Waals surface area contributed by atoms with E-state index < -0.39 is 0 Å². The van der Waals surface area contributed by atoms with Crippen LogP contribution in [0.1, 0.15) is 17.2 Å². The second kappa shape index (κ2) is 4.65. The van der Waals surface area contributed by atoms with E-state index in [4.69, 9.17) is 8.40 Å². The molecule has 3 rings (SSSR count).